The third-order valence-corrected chi connectivity index (χ3v) is 4.20. The van der Waals surface area contributed by atoms with Crippen LogP contribution in [0, 0.1) is 0 Å². The Hall–Kier alpha value is -2.02. The first-order chi connectivity index (χ1) is 10.9. The van der Waals surface area contributed by atoms with Crippen molar-refractivity contribution >= 4 is 17.2 Å². The van der Waals surface area contributed by atoms with Crippen LogP contribution in [-0.2, 0) is 11.2 Å². The van der Waals surface area contributed by atoms with Crippen molar-refractivity contribution in [1.82, 2.24) is 5.32 Å². The van der Waals surface area contributed by atoms with E-state index in [9.17, 15) is 18.0 Å². The Morgan fingerprint density at radius 2 is 1.87 bits per heavy atom. The fourth-order valence-electron chi connectivity index (χ4n) is 2.01. The van der Waals surface area contributed by atoms with Gasteiger partial charge in [0, 0.05) is 22.7 Å². The van der Waals surface area contributed by atoms with Crippen molar-refractivity contribution < 1.29 is 22.7 Å². The van der Waals surface area contributed by atoms with Gasteiger partial charge in [0.05, 0.1) is 0 Å². The first-order valence-corrected chi connectivity index (χ1v) is 7.90. The molecule has 0 aliphatic rings. The molecule has 7 heteroatoms. The number of hydrogen-bond acceptors (Lipinski definition) is 3. The first kappa shape index (κ1) is 17.3. The van der Waals surface area contributed by atoms with E-state index < -0.39 is 6.36 Å². The highest BCUT2D eigenvalue weighted by atomic mass is 32.1. The Kier molecular flexibility index (Phi) is 5.65. The summed E-state index contributed by atoms with van der Waals surface area (Å²) in [6.45, 7) is 2.48. The smallest absolute Gasteiger partial charge is 0.406 e. The lowest BCUT2D eigenvalue weighted by Crippen LogP contribution is -2.22. The molecule has 0 aliphatic heterocycles. The van der Waals surface area contributed by atoms with Crippen molar-refractivity contribution in [2.75, 3.05) is 6.54 Å². The van der Waals surface area contributed by atoms with E-state index in [1.807, 2.05) is 19.1 Å². The Labute approximate surface area is 136 Å². The van der Waals surface area contributed by atoms with Gasteiger partial charge in [-0.3, -0.25) is 4.79 Å². The molecule has 1 aromatic carbocycles. The monoisotopic (exact) mass is 343 g/mol. The van der Waals surface area contributed by atoms with Gasteiger partial charge in [-0.15, -0.1) is 24.5 Å². The van der Waals surface area contributed by atoms with Crippen LogP contribution in [0.3, 0.4) is 0 Å². The minimum absolute atomic E-state index is 0.0103. The minimum Gasteiger partial charge on any atom is -0.406 e. The van der Waals surface area contributed by atoms with Crippen LogP contribution in [0.25, 0.3) is 10.4 Å². The molecule has 2 aromatic rings. The van der Waals surface area contributed by atoms with Crippen LogP contribution >= 0.6 is 11.3 Å². The molecule has 0 radical (unpaired) electrons. The van der Waals surface area contributed by atoms with Crippen LogP contribution in [0.5, 0.6) is 5.75 Å². The van der Waals surface area contributed by atoms with Gasteiger partial charge in [-0.2, -0.15) is 0 Å². The number of thiophene rings is 1. The van der Waals surface area contributed by atoms with E-state index in [0.717, 1.165) is 15.3 Å². The predicted octanol–water partition coefficient (Wildman–Crippen LogP) is 4.38. The molecular weight excluding hydrogens is 327 g/mol. The maximum Gasteiger partial charge on any atom is 0.573 e. The van der Waals surface area contributed by atoms with E-state index in [1.165, 1.54) is 23.5 Å². The topological polar surface area (TPSA) is 38.3 Å². The molecule has 2 rings (SSSR count). The van der Waals surface area contributed by atoms with Gasteiger partial charge < -0.3 is 10.1 Å². The molecule has 0 saturated carbocycles. The molecule has 0 saturated heterocycles. The number of hydrogen-bond donors (Lipinski definition) is 1. The molecule has 0 unspecified atom stereocenters. The van der Waals surface area contributed by atoms with Gasteiger partial charge in [-0.1, -0.05) is 0 Å². The fraction of sp³-hybridized carbons (Fsp3) is 0.312. The highest BCUT2D eigenvalue weighted by Gasteiger charge is 2.30. The molecule has 1 heterocycles. The number of amides is 1. The summed E-state index contributed by atoms with van der Waals surface area (Å²) in [4.78, 5) is 13.4. The Balaban J connectivity index is 1.98. The maximum absolute atomic E-state index is 12.1. The number of benzene rings is 1. The average Bonchev–Trinajstić information content (AvgIpc) is 2.93. The molecule has 0 atom stereocenters. The average molecular weight is 343 g/mol. The van der Waals surface area contributed by atoms with Gasteiger partial charge in [0.2, 0.25) is 5.91 Å². The number of ether oxygens (including phenoxy) is 1. The fourth-order valence-corrected chi connectivity index (χ4v) is 3.02. The minimum atomic E-state index is -4.68. The summed E-state index contributed by atoms with van der Waals surface area (Å²) in [7, 11) is 0. The van der Waals surface area contributed by atoms with E-state index in [-0.39, 0.29) is 11.7 Å². The van der Waals surface area contributed by atoms with Crippen molar-refractivity contribution in [3.8, 4) is 16.2 Å². The molecule has 3 nitrogen and oxygen atoms in total. The molecule has 124 valence electrons. The molecule has 0 aliphatic carbocycles. The van der Waals surface area contributed by atoms with Gasteiger partial charge in [-0.25, -0.2) is 0 Å². The zero-order valence-electron chi connectivity index (χ0n) is 12.4. The van der Waals surface area contributed by atoms with Crippen molar-refractivity contribution in [3.05, 3.63) is 41.3 Å². The molecule has 0 spiro atoms. The summed E-state index contributed by atoms with van der Waals surface area (Å²) < 4.78 is 40.2. The van der Waals surface area contributed by atoms with Gasteiger partial charge in [0.15, 0.2) is 0 Å². The lowest BCUT2D eigenvalue weighted by molar-refractivity contribution is -0.274. The Bertz CT molecular complexity index is 650. The standard InChI is InChI=1S/C16H16F3NO2S/c1-2-20-15(21)10-8-13-7-9-14(23-13)11-3-5-12(6-4-11)22-16(17,18)19/h3-7,9H,2,8,10H2,1H3,(H,20,21). The summed E-state index contributed by atoms with van der Waals surface area (Å²) in [6, 6.07) is 9.57. The summed E-state index contributed by atoms with van der Waals surface area (Å²) >= 11 is 1.52. The van der Waals surface area contributed by atoms with E-state index in [4.69, 9.17) is 0 Å². The van der Waals surface area contributed by atoms with Crippen molar-refractivity contribution in [1.29, 1.82) is 0 Å². The summed E-state index contributed by atoms with van der Waals surface area (Å²) in [6.07, 6.45) is -3.62. The second-order valence-corrected chi connectivity index (χ2v) is 5.96. The maximum atomic E-state index is 12.1. The van der Waals surface area contributed by atoms with Gasteiger partial charge in [-0.05, 0) is 55.3 Å². The number of halogens is 3. The SMILES string of the molecule is CCNC(=O)CCc1ccc(-c2ccc(OC(F)(F)F)cc2)s1. The highest BCUT2D eigenvalue weighted by Crippen LogP contribution is 2.31. The molecule has 0 fully saturated rings. The lowest BCUT2D eigenvalue weighted by atomic mass is 10.2. The van der Waals surface area contributed by atoms with Crippen LogP contribution in [0.4, 0.5) is 13.2 Å². The van der Waals surface area contributed by atoms with E-state index in [1.54, 1.807) is 12.1 Å². The van der Waals surface area contributed by atoms with Gasteiger partial charge >= 0.3 is 6.36 Å². The quantitative estimate of drug-likeness (QED) is 0.845. The van der Waals surface area contributed by atoms with E-state index >= 15 is 0 Å². The second-order valence-electron chi connectivity index (χ2n) is 4.79. The number of carbonyl (C=O) groups excluding carboxylic acids is 1. The van der Waals surface area contributed by atoms with Crippen molar-refractivity contribution in [3.63, 3.8) is 0 Å². The second kappa shape index (κ2) is 7.50. The molecule has 1 aromatic heterocycles. The number of rotatable bonds is 6. The van der Waals surface area contributed by atoms with Crippen LogP contribution < -0.4 is 10.1 Å². The zero-order chi connectivity index (χ0) is 16.9. The summed E-state index contributed by atoms with van der Waals surface area (Å²) in [5, 5.41) is 2.74. The molecular formula is C16H16F3NO2S. The third-order valence-electron chi connectivity index (χ3n) is 3.01. The number of aryl methyl sites for hydroxylation is 1. The van der Waals surface area contributed by atoms with Crippen molar-refractivity contribution in [2.24, 2.45) is 0 Å². The molecule has 0 bridgehead atoms. The van der Waals surface area contributed by atoms with Crippen molar-refractivity contribution in [2.45, 2.75) is 26.1 Å². The van der Waals surface area contributed by atoms with Crippen LogP contribution in [0.1, 0.15) is 18.2 Å². The normalized spacial score (nSPS) is 11.3. The molecule has 1 amide bonds. The largest absolute Gasteiger partial charge is 0.573 e. The van der Waals surface area contributed by atoms with Crippen LogP contribution in [0.2, 0.25) is 0 Å². The number of alkyl halides is 3. The number of nitrogens with one attached hydrogen (secondary N) is 1. The zero-order valence-corrected chi connectivity index (χ0v) is 13.3. The summed E-state index contributed by atoms with van der Waals surface area (Å²) in [5.74, 6) is -0.231. The first-order valence-electron chi connectivity index (χ1n) is 7.09. The van der Waals surface area contributed by atoms with Gasteiger partial charge in [0.1, 0.15) is 5.75 Å². The highest BCUT2D eigenvalue weighted by molar-refractivity contribution is 7.15. The number of carbonyl (C=O) groups is 1. The van der Waals surface area contributed by atoms with Crippen LogP contribution in [-0.4, -0.2) is 18.8 Å². The van der Waals surface area contributed by atoms with Gasteiger partial charge in [0.25, 0.3) is 0 Å². The molecule has 1 N–H and O–H groups in total. The van der Waals surface area contributed by atoms with Crippen LogP contribution in [0.15, 0.2) is 36.4 Å². The Morgan fingerprint density at radius 1 is 1.17 bits per heavy atom. The van der Waals surface area contributed by atoms with E-state index in [2.05, 4.69) is 10.1 Å². The Morgan fingerprint density at radius 3 is 2.48 bits per heavy atom. The molecule has 23 heavy (non-hydrogen) atoms. The van der Waals surface area contributed by atoms with E-state index in [0.29, 0.717) is 19.4 Å². The third kappa shape index (κ3) is 5.59. The lowest BCUT2D eigenvalue weighted by Gasteiger charge is -2.08. The summed E-state index contributed by atoms with van der Waals surface area (Å²) in [5.41, 5.74) is 0.814. The predicted molar refractivity (Wildman–Crippen MR) is 83.4 cm³/mol.